The Hall–Kier alpha value is -0.720. The molecule has 1 atom stereocenters. The van der Waals surface area contributed by atoms with Gasteiger partial charge in [0, 0.05) is 5.02 Å². The summed E-state index contributed by atoms with van der Waals surface area (Å²) in [5.41, 5.74) is 2.22. The molecule has 0 amide bonds. The van der Waals surface area contributed by atoms with E-state index in [4.69, 9.17) is 17.0 Å². The summed E-state index contributed by atoms with van der Waals surface area (Å²) < 4.78 is 0. The van der Waals surface area contributed by atoms with E-state index < -0.39 is 0 Å². The van der Waals surface area contributed by atoms with Gasteiger partial charge in [0.15, 0.2) is 5.17 Å². The predicted molar refractivity (Wildman–Crippen MR) is 99.5 cm³/mol. The minimum Gasteiger partial charge on any atom is -0.354 e. The van der Waals surface area contributed by atoms with Crippen molar-refractivity contribution in [3.05, 3.63) is 70.7 Å². The molecule has 0 aliphatic rings. The lowest BCUT2D eigenvalue weighted by molar-refractivity contribution is 0.767. The van der Waals surface area contributed by atoms with Crippen LogP contribution in [0.15, 0.2) is 54.6 Å². The molecule has 106 valence electrons. The van der Waals surface area contributed by atoms with Gasteiger partial charge < -0.3 is 5.32 Å². The lowest BCUT2D eigenvalue weighted by atomic mass is 9.99. The predicted octanol–water partition coefficient (Wildman–Crippen LogP) is 4.93. The average Bonchev–Trinajstić information content (AvgIpc) is 2.46. The minimum absolute atomic E-state index is 0. The van der Waals surface area contributed by atoms with Gasteiger partial charge in [-0.15, -0.1) is 24.0 Å². The van der Waals surface area contributed by atoms with Crippen molar-refractivity contribution >= 4 is 52.5 Å². The average molecular weight is 419 g/mol. The molecule has 2 rings (SSSR count). The van der Waals surface area contributed by atoms with E-state index in [1.807, 2.05) is 48.7 Å². The zero-order chi connectivity index (χ0) is 13.7. The number of hydrogen-bond donors (Lipinski definition) is 2. The molecule has 5 heteroatoms. The molecule has 0 aromatic heterocycles. The van der Waals surface area contributed by atoms with Crippen LogP contribution in [0.25, 0.3) is 0 Å². The summed E-state index contributed by atoms with van der Waals surface area (Å²) in [5.74, 6) is 0. The van der Waals surface area contributed by atoms with Crippen molar-refractivity contribution in [1.82, 2.24) is 5.32 Å². The molecule has 0 spiro atoms. The maximum Gasteiger partial charge on any atom is 0.154 e. The number of thioether (sulfide) groups is 1. The molecule has 2 nitrogen and oxygen atoms in total. The first kappa shape index (κ1) is 17.3. The molecule has 2 N–H and O–H groups in total. The van der Waals surface area contributed by atoms with Crippen molar-refractivity contribution in [2.75, 3.05) is 6.26 Å². The second-order valence-corrected chi connectivity index (χ2v) is 5.33. The van der Waals surface area contributed by atoms with Crippen molar-refractivity contribution in [3.63, 3.8) is 0 Å². The number of nitrogens with one attached hydrogen (secondary N) is 2. The molecule has 2 aromatic carbocycles. The summed E-state index contributed by atoms with van der Waals surface area (Å²) in [7, 11) is 0. The third-order valence-corrected chi connectivity index (χ3v) is 3.59. The lowest BCUT2D eigenvalue weighted by Gasteiger charge is -2.20. The maximum atomic E-state index is 7.83. The van der Waals surface area contributed by atoms with Gasteiger partial charge in [-0.05, 0) is 29.5 Å². The Kier molecular flexibility index (Phi) is 7.40. The van der Waals surface area contributed by atoms with Crippen LogP contribution in [-0.4, -0.2) is 11.4 Å². The minimum atomic E-state index is -0.0292. The topological polar surface area (TPSA) is 35.9 Å². The molecule has 20 heavy (non-hydrogen) atoms. The fourth-order valence-electron chi connectivity index (χ4n) is 1.85. The molecule has 0 saturated carbocycles. The van der Waals surface area contributed by atoms with Crippen molar-refractivity contribution in [3.8, 4) is 0 Å². The molecule has 1 unspecified atom stereocenters. The number of hydrogen-bond acceptors (Lipinski definition) is 2. The van der Waals surface area contributed by atoms with Crippen LogP contribution in [0.2, 0.25) is 5.02 Å². The Morgan fingerprint density at radius 1 is 1.05 bits per heavy atom. The van der Waals surface area contributed by atoms with Crippen LogP contribution < -0.4 is 5.32 Å². The number of benzene rings is 2. The highest BCUT2D eigenvalue weighted by Gasteiger charge is 2.14. The number of halogens is 2. The first-order chi connectivity index (χ1) is 9.20. The normalized spacial score (nSPS) is 11.3. The van der Waals surface area contributed by atoms with E-state index in [1.165, 1.54) is 11.8 Å². The van der Waals surface area contributed by atoms with Crippen LogP contribution in [0.5, 0.6) is 0 Å². The van der Waals surface area contributed by atoms with Gasteiger partial charge in [-0.25, -0.2) is 0 Å². The Morgan fingerprint density at radius 3 is 2.15 bits per heavy atom. The Balaban J connectivity index is 0.00000200. The van der Waals surface area contributed by atoms with Crippen molar-refractivity contribution < 1.29 is 0 Å². The summed E-state index contributed by atoms with van der Waals surface area (Å²) in [6.45, 7) is 0. The van der Waals surface area contributed by atoms with Crippen molar-refractivity contribution in [2.24, 2.45) is 0 Å². The Bertz CT molecular complexity index is 546. The van der Waals surface area contributed by atoms with Crippen LogP contribution in [0.1, 0.15) is 17.2 Å². The third kappa shape index (κ3) is 4.68. The summed E-state index contributed by atoms with van der Waals surface area (Å²) in [4.78, 5) is 0. The van der Waals surface area contributed by atoms with Gasteiger partial charge >= 0.3 is 0 Å². The van der Waals surface area contributed by atoms with Gasteiger partial charge in [0.25, 0.3) is 0 Å². The molecular formula is C15H16ClIN2S. The second kappa shape index (κ2) is 8.54. The molecule has 0 saturated heterocycles. The SMILES string of the molecule is CSC(=N)NC(c1ccccc1)c1ccc(Cl)cc1.I. The van der Waals surface area contributed by atoms with Crippen LogP contribution in [0.4, 0.5) is 0 Å². The molecular weight excluding hydrogens is 403 g/mol. The van der Waals surface area contributed by atoms with Crippen LogP contribution in [0.3, 0.4) is 0 Å². The molecule has 0 bridgehead atoms. The highest BCUT2D eigenvalue weighted by atomic mass is 127. The van der Waals surface area contributed by atoms with Crippen molar-refractivity contribution in [1.29, 1.82) is 5.41 Å². The van der Waals surface area contributed by atoms with E-state index >= 15 is 0 Å². The van der Waals surface area contributed by atoms with Gasteiger partial charge in [-0.1, -0.05) is 65.8 Å². The summed E-state index contributed by atoms with van der Waals surface area (Å²) in [5, 5.41) is 12.2. The largest absolute Gasteiger partial charge is 0.354 e. The van der Waals surface area contributed by atoms with E-state index in [9.17, 15) is 0 Å². The Morgan fingerprint density at radius 2 is 1.60 bits per heavy atom. The van der Waals surface area contributed by atoms with Crippen molar-refractivity contribution in [2.45, 2.75) is 6.04 Å². The molecule has 0 aliphatic heterocycles. The van der Waals surface area contributed by atoms with E-state index in [2.05, 4.69) is 17.4 Å². The van der Waals surface area contributed by atoms with Crippen LogP contribution >= 0.6 is 47.3 Å². The van der Waals surface area contributed by atoms with Crippen LogP contribution in [-0.2, 0) is 0 Å². The standard InChI is InChI=1S/C15H15ClN2S.HI/c1-19-15(17)18-14(11-5-3-2-4-6-11)12-7-9-13(16)10-8-12;/h2-10,14H,1H3,(H2,17,18);1H. The van der Waals surface area contributed by atoms with Gasteiger partial charge in [0.1, 0.15) is 0 Å². The first-order valence-electron chi connectivity index (χ1n) is 5.90. The highest BCUT2D eigenvalue weighted by Crippen LogP contribution is 2.24. The summed E-state index contributed by atoms with van der Waals surface area (Å²) >= 11 is 7.32. The third-order valence-electron chi connectivity index (χ3n) is 2.82. The fourth-order valence-corrected chi connectivity index (χ4v) is 2.21. The van der Waals surface area contributed by atoms with Gasteiger partial charge in [-0.2, -0.15) is 0 Å². The summed E-state index contributed by atoms with van der Waals surface area (Å²) in [6.07, 6.45) is 1.89. The molecule has 2 aromatic rings. The first-order valence-corrected chi connectivity index (χ1v) is 7.50. The van der Waals surface area contributed by atoms with Gasteiger partial charge in [0.2, 0.25) is 0 Å². The maximum absolute atomic E-state index is 7.83. The number of rotatable bonds is 3. The van der Waals surface area contributed by atoms with E-state index in [-0.39, 0.29) is 30.0 Å². The van der Waals surface area contributed by atoms with Gasteiger partial charge in [0.05, 0.1) is 6.04 Å². The van der Waals surface area contributed by atoms with Crippen LogP contribution in [0, 0.1) is 5.41 Å². The van der Waals surface area contributed by atoms with E-state index in [0.29, 0.717) is 5.17 Å². The van der Waals surface area contributed by atoms with E-state index in [1.54, 1.807) is 0 Å². The van der Waals surface area contributed by atoms with Gasteiger partial charge in [-0.3, -0.25) is 5.41 Å². The monoisotopic (exact) mass is 418 g/mol. The molecule has 0 fully saturated rings. The Labute approximate surface area is 145 Å². The summed E-state index contributed by atoms with van der Waals surface area (Å²) in [6, 6.07) is 17.8. The number of amidine groups is 1. The zero-order valence-electron chi connectivity index (χ0n) is 11.0. The quantitative estimate of drug-likeness (QED) is 0.421. The molecule has 0 aliphatic carbocycles. The lowest BCUT2D eigenvalue weighted by Crippen LogP contribution is -2.26. The fraction of sp³-hybridized carbons (Fsp3) is 0.133. The smallest absolute Gasteiger partial charge is 0.154 e. The van der Waals surface area contributed by atoms with E-state index in [0.717, 1.165) is 16.1 Å². The highest BCUT2D eigenvalue weighted by molar-refractivity contribution is 14.0. The molecule has 0 heterocycles. The zero-order valence-corrected chi connectivity index (χ0v) is 14.9. The second-order valence-electron chi connectivity index (χ2n) is 4.07. The molecule has 0 radical (unpaired) electrons.